The zero-order valence-electron chi connectivity index (χ0n) is 13.6. The van der Waals surface area contributed by atoms with Crippen molar-refractivity contribution < 1.29 is 13.9 Å². The molecule has 0 radical (unpaired) electrons. The first-order valence-corrected chi connectivity index (χ1v) is 7.89. The number of carbonyl (C=O) groups is 1. The molecule has 0 atom stereocenters. The van der Waals surface area contributed by atoms with Crippen LogP contribution < -0.4 is 0 Å². The number of fused-ring (bicyclic) bond motifs is 1. The molecule has 0 aliphatic carbocycles. The van der Waals surface area contributed by atoms with Crippen LogP contribution in [0.2, 0.25) is 0 Å². The van der Waals surface area contributed by atoms with Gasteiger partial charge in [0, 0.05) is 25.2 Å². The van der Waals surface area contributed by atoms with Crippen molar-refractivity contribution in [3.8, 4) is 0 Å². The van der Waals surface area contributed by atoms with Crippen molar-refractivity contribution in [2.45, 2.75) is 13.0 Å². The summed E-state index contributed by atoms with van der Waals surface area (Å²) in [4.78, 5) is 19.0. The van der Waals surface area contributed by atoms with Crippen molar-refractivity contribution in [2.75, 3.05) is 20.3 Å². The standard InChI is InChI=1S/C19H20N2O3/c1-23-12-10-21(14-17-8-4-11-24-17)18(22)13-16-6-2-5-15-7-3-9-20-19(15)16/h2-9,11H,10,12-14H2,1H3. The van der Waals surface area contributed by atoms with Crippen LogP contribution in [0.25, 0.3) is 10.9 Å². The van der Waals surface area contributed by atoms with Gasteiger partial charge in [0.1, 0.15) is 5.76 Å². The summed E-state index contributed by atoms with van der Waals surface area (Å²) in [6.45, 7) is 1.45. The highest BCUT2D eigenvalue weighted by Crippen LogP contribution is 2.17. The van der Waals surface area contributed by atoms with Crippen molar-refractivity contribution in [1.82, 2.24) is 9.88 Å². The van der Waals surface area contributed by atoms with E-state index in [4.69, 9.17) is 9.15 Å². The molecule has 24 heavy (non-hydrogen) atoms. The predicted octanol–water partition coefficient (Wildman–Crippen LogP) is 3.05. The van der Waals surface area contributed by atoms with Gasteiger partial charge in [-0.3, -0.25) is 9.78 Å². The highest BCUT2D eigenvalue weighted by atomic mass is 16.5. The third kappa shape index (κ3) is 3.81. The number of hydrogen-bond acceptors (Lipinski definition) is 4. The molecule has 3 rings (SSSR count). The Bertz CT molecular complexity index is 794. The molecule has 2 heterocycles. The van der Waals surface area contributed by atoms with Crippen LogP contribution in [0.3, 0.4) is 0 Å². The average molecular weight is 324 g/mol. The minimum Gasteiger partial charge on any atom is -0.467 e. The van der Waals surface area contributed by atoms with Crippen LogP contribution in [0, 0.1) is 0 Å². The Morgan fingerprint density at radius 3 is 2.88 bits per heavy atom. The van der Waals surface area contributed by atoms with Crippen LogP contribution in [0.4, 0.5) is 0 Å². The van der Waals surface area contributed by atoms with E-state index >= 15 is 0 Å². The quantitative estimate of drug-likeness (QED) is 0.670. The fraction of sp³-hybridized carbons (Fsp3) is 0.263. The van der Waals surface area contributed by atoms with Crippen LogP contribution in [-0.2, 0) is 22.5 Å². The highest BCUT2D eigenvalue weighted by molar-refractivity contribution is 5.87. The molecule has 0 fully saturated rings. The van der Waals surface area contributed by atoms with Gasteiger partial charge in [-0.05, 0) is 23.8 Å². The number of aromatic nitrogens is 1. The maximum absolute atomic E-state index is 12.8. The number of rotatable bonds is 7. The van der Waals surface area contributed by atoms with Gasteiger partial charge in [-0.1, -0.05) is 24.3 Å². The maximum atomic E-state index is 12.8. The highest BCUT2D eigenvalue weighted by Gasteiger charge is 2.17. The number of methoxy groups -OCH3 is 1. The summed E-state index contributed by atoms with van der Waals surface area (Å²) in [5.74, 6) is 0.789. The first kappa shape index (κ1) is 16.2. The van der Waals surface area contributed by atoms with E-state index in [1.807, 2.05) is 42.5 Å². The lowest BCUT2D eigenvalue weighted by Crippen LogP contribution is -2.34. The monoisotopic (exact) mass is 324 g/mol. The minimum absolute atomic E-state index is 0.0293. The van der Waals surface area contributed by atoms with Gasteiger partial charge in [-0.25, -0.2) is 0 Å². The zero-order valence-corrected chi connectivity index (χ0v) is 13.6. The second-order valence-corrected chi connectivity index (χ2v) is 5.56. The molecule has 0 bridgehead atoms. The lowest BCUT2D eigenvalue weighted by Gasteiger charge is -2.21. The first-order valence-electron chi connectivity index (χ1n) is 7.89. The lowest BCUT2D eigenvalue weighted by atomic mass is 10.1. The Morgan fingerprint density at radius 1 is 1.21 bits per heavy atom. The molecule has 2 aromatic heterocycles. The second kappa shape index (κ2) is 7.75. The van der Waals surface area contributed by atoms with Crippen LogP contribution in [0.1, 0.15) is 11.3 Å². The topological polar surface area (TPSA) is 55.6 Å². The smallest absolute Gasteiger partial charge is 0.227 e. The van der Waals surface area contributed by atoms with Gasteiger partial charge in [-0.15, -0.1) is 0 Å². The molecule has 1 aromatic carbocycles. The molecule has 0 aliphatic heterocycles. The van der Waals surface area contributed by atoms with Crippen molar-refractivity contribution in [2.24, 2.45) is 0 Å². The summed E-state index contributed by atoms with van der Waals surface area (Å²) in [6.07, 6.45) is 3.67. The molecule has 5 heteroatoms. The summed E-state index contributed by atoms with van der Waals surface area (Å²) in [7, 11) is 1.63. The molecular weight excluding hydrogens is 304 g/mol. The van der Waals surface area contributed by atoms with Gasteiger partial charge in [-0.2, -0.15) is 0 Å². The number of ether oxygens (including phenoxy) is 1. The third-order valence-corrected chi connectivity index (χ3v) is 3.90. The van der Waals surface area contributed by atoms with Crippen molar-refractivity contribution in [3.63, 3.8) is 0 Å². The summed E-state index contributed by atoms with van der Waals surface area (Å²) in [6, 6.07) is 13.5. The number of amides is 1. The van der Waals surface area contributed by atoms with Crippen molar-refractivity contribution in [3.05, 3.63) is 66.2 Å². The number of hydrogen-bond donors (Lipinski definition) is 0. The van der Waals surface area contributed by atoms with E-state index in [-0.39, 0.29) is 5.91 Å². The molecule has 124 valence electrons. The molecule has 3 aromatic rings. The molecule has 0 aliphatic rings. The van der Waals surface area contributed by atoms with Crippen LogP contribution in [-0.4, -0.2) is 36.1 Å². The van der Waals surface area contributed by atoms with Gasteiger partial charge in [0.25, 0.3) is 0 Å². The third-order valence-electron chi connectivity index (χ3n) is 3.90. The van der Waals surface area contributed by atoms with Crippen LogP contribution in [0.15, 0.2) is 59.3 Å². The fourth-order valence-electron chi connectivity index (χ4n) is 2.67. The molecule has 1 amide bonds. The number of nitrogens with zero attached hydrogens (tertiary/aromatic N) is 2. The summed E-state index contributed by atoms with van der Waals surface area (Å²) in [5, 5.41) is 1.04. The maximum Gasteiger partial charge on any atom is 0.227 e. The van der Waals surface area contributed by atoms with E-state index < -0.39 is 0 Å². The van der Waals surface area contributed by atoms with Crippen LogP contribution >= 0.6 is 0 Å². The Balaban J connectivity index is 1.78. The Morgan fingerprint density at radius 2 is 2.08 bits per heavy atom. The van der Waals surface area contributed by atoms with Crippen LogP contribution in [0.5, 0.6) is 0 Å². The number of carbonyl (C=O) groups excluding carboxylic acids is 1. The SMILES string of the molecule is COCCN(Cc1ccco1)C(=O)Cc1cccc2cccnc12. The summed E-state index contributed by atoms with van der Waals surface area (Å²) < 4.78 is 10.5. The lowest BCUT2D eigenvalue weighted by molar-refractivity contribution is -0.132. The number of benzene rings is 1. The summed E-state index contributed by atoms with van der Waals surface area (Å²) in [5.41, 5.74) is 1.80. The van der Waals surface area contributed by atoms with Gasteiger partial charge in [0.15, 0.2) is 0 Å². The largest absolute Gasteiger partial charge is 0.467 e. The van der Waals surface area contributed by atoms with Crippen molar-refractivity contribution >= 4 is 16.8 Å². The van der Waals surface area contributed by atoms with Gasteiger partial charge in [0.05, 0.1) is 31.4 Å². The molecule has 5 nitrogen and oxygen atoms in total. The number of furan rings is 1. The number of para-hydroxylation sites is 1. The molecule has 0 saturated heterocycles. The normalized spacial score (nSPS) is 10.9. The van der Waals surface area contributed by atoms with Gasteiger partial charge < -0.3 is 14.1 Å². The van der Waals surface area contributed by atoms with E-state index in [2.05, 4.69) is 4.98 Å². The molecular formula is C19H20N2O3. The molecule has 0 N–H and O–H groups in total. The van der Waals surface area contributed by atoms with E-state index in [0.717, 1.165) is 22.2 Å². The summed E-state index contributed by atoms with van der Waals surface area (Å²) >= 11 is 0. The average Bonchev–Trinajstić information content (AvgIpc) is 3.12. The number of pyridine rings is 1. The molecule has 0 unspecified atom stereocenters. The van der Waals surface area contributed by atoms with E-state index in [9.17, 15) is 4.79 Å². The minimum atomic E-state index is 0.0293. The Hall–Kier alpha value is -2.66. The van der Waals surface area contributed by atoms with E-state index in [1.54, 1.807) is 24.5 Å². The molecule has 0 spiro atoms. The second-order valence-electron chi connectivity index (χ2n) is 5.56. The van der Waals surface area contributed by atoms with Gasteiger partial charge in [0.2, 0.25) is 5.91 Å². The Kier molecular flexibility index (Phi) is 5.23. The van der Waals surface area contributed by atoms with Crippen molar-refractivity contribution in [1.29, 1.82) is 0 Å². The zero-order chi connectivity index (χ0) is 16.8. The Labute approximate surface area is 140 Å². The molecule has 0 saturated carbocycles. The fourth-order valence-corrected chi connectivity index (χ4v) is 2.67. The first-order chi connectivity index (χ1) is 11.8. The predicted molar refractivity (Wildman–Crippen MR) is 91.4 cm³/mol. The van der Waals surface area contributed by atoms with Gasteiger partial charge >= 0.3 is 0 Å². The van der Waals surface area contributed by atoms with E-state index in [1.165, 1.54) is 0 Å². The van der Waals surface area contributed by atoms with E-state index in [0.29, 0.717) is 26.1 Å².